The lowest BCUT2D eigenvalue weighted by Gasteiger charge is -2.54. The van der Waals surface area contributed by atoms with Gasteiger partial charge in [-0.3, -0.25) is 9.48 Å². The van der Waals surface area contributed by atoms with E-state index in [1.165, 1.54) is 18.0 Å². The summed E-state index contributed by atoms with van der Waals surface area (Å²) in [4.78, 5) is 15.4. The molecule has 4 atom stereocenters. The van der Waals surface area contributed by atoms with Crippen LogP contribution in [0.3, 0.4) is 0 Å². The maximum Gasteiger partial charge on any atom is 0.227 e. The van der Waals surface area contributed by atoms with Crippen LogP contribution < -0.4 is 10.1 Å². The standard InChI is InChI=1S/C20H26N4O3/c1-12(2)24-17(4-8-23-24)19-14-9-21-6-3-13(14)16(19)11-27-20-15(10-25)18(26)5-7-22-20/h4-5,7-8,10,12-14,16,19,21H,3,6,9,11H2,1-2H3,(H,22,26)/t13?,14-,16?,19?/m0/s1. The van der Waals surface area contributed by atoms with Gasteiger partial charge in [0.05, 0.1) is 6.61 Å². The third kappa shape index (κ3) is 3.10. The van der Waals surface area contributed by atoms with Crippen molar-refractivity contribution in [3.05, 3.63) is 35.8 Å². The molecule has 4 rings (SSSR count). The zero-order valence-electron chi connectivity index (χ0n) is 15.7. The van der Waals surface area contributed by atoms with E-state index in [0.717, 1.165) is 19.5 Å². The number of aldehydes is 1. The molecular formula is C20H26N4O3. The molecular weight excluding hydrogens is 344 g/mol. The minimum absolute atomic E-state index is 0.0993. The Bertz CT molecular complexity index is 819. The van der Waals surface area contributed by atoms with Crippen molar-refractivity contribution in [3.63, 3.8) is 0 Å². The Morgan fingerprint density at radius 3 is 3.00 bits per heavy atom. The highest BCUT2D eigenvalue weighted by molar-refractivity contribution is 5.82. The van der Waals surface area contributed by atoms with Crippen LogP contribution >= 0.6 is 0 Å². The zero-order valence-corrected chi connectivity index (χ0v) is 15.7. The molecule has 1 aliphatic carbocycles. The smallest absolute Gasteiger partial charge is 0.227 e. The number of nitrogens with zero attached hydrogens (tertiary/aromatic N) is 3. The average molecular weight is 370 g/mol. The molecule has 2 aliphatic rings. The number of hydrogen-bond acceptors (Lipinski definition) is 6. The minimum Gasteiger partial charge on any atom is -0.507 e. The van der Waals surface area contributed by atoms with Crippen LogP contribution in [0.1, 0.15) is 48.3 Å². The van der Waals surface area contributed by atoms with E-state index in [0.29, 0.717) is 42.6 Å². The average Bonchev–Trinajstić information content (AvgIpc) is 3.12. The molecule has 7 heteroatoms. The molecule has 0 radical (unpaired) electrons. The number of pyridine rings is 1. The van der Waals surface area contributed by atoms with Gasteiger partial charge in [-0.2, -0.15) is 5.10 Å². The number of carbonyl (C=O) groups excluding carboxylic acids is 1. The van der Waals surface area contributed by atoms with Gasteiger partial charge in [0, 0.05) is 36.0 Å². The Labute approximate surface area is 158 Å². The molecule has 1 aliphatic heterocycles. The van der Waals surface area contributed by atoms with Crippen LogP contribution in [-0.2, 0) is 0 Å². The quantitative estimate of drug-likeness (QED) is 0.759. The predicted molar refractivity (Wildman–Crippen MR) is 100 cm³/mol. The van der Waals surface area contributed by atoms with E-state index in [1.54, 1.807) is 0 Å². The molecule has 2 aromatic rings. The number of aromatic hydroxyl groups is 1. The number of fused-ring (bicyclic) bond motifs is 1. The van der Waals surface area contributed by atoms with Crippen molar-refractivity contribution < 1.29 is 14.6 Å². The number of carbonyl (C=O) groups is 1. The van der Waals surface area contributed by atoms with Gasteiger partial charge in [0.2, 0.25) is 5.88 Å². The Hall–Kier alpha value is -2.41. The van der Waals surface area contributed by atoms with Crippen LogP contribution in [0, 0.1) is 17.8 Å². The molecule has 0 spiro atoms. The first-order valence-corrected chi connectivity index (χ1v) is 9.62. The topological polar surface area (TPSA) is 89.3 Å². The number of ether oxygens (including phenoxy) is 1. The molecule has 1 saturated heterocycles. The normalized spacial score (nSPS) is 27.1. The van der Waals surface area contributed by atoms with Gasteiger partial charge in [-0.05, 0) is 57.3 Å². The first-order chi connectivity index (χ1) is 13.1. The molecule has 1 saturated carbocycles. The summed E-state index contributed by atoms with van der Waals surface area (Å²) in [6.07, 6.45) is 5.05. The molecule has 144 valence electrons. The van der Waals surface area contributed by atoms with Crippen molar-refractivity contribution in [2.75, 3.05) is 19.7 Å². The van der Waals surface area contributed by atoms with Gasteiger partial charge in [0.15, 0.2) is 6.29 Å². The lowest BCUT2D eigenvalue weighted by molar-refractivity contribution is -0.0266. The lowest BCUT2D eigenvalue weighted by Crippen LogP contribution is -2.56. The summed E-state index contributed by atoms with van der Waals surface area (Å²) in [5.41, 5.74) is 1.37. The third-order valence-electron chi connectivity index (χ3n) is 6.05. The summed E-state index contributed by atoms with van der Waals surface area (Å²) in [6, 6.07) is 3.82. The molecule has 27 heavy (non-hydrogen) atoms. The van der Waals surface area contributed by atoms with Gasteiger partial charge in [-0.25, -0.2) is 4.98 Å². The van der Waals surface area contributed by atoms with Gasteiger partial charge >= 0.3 is 0 Å². The summed E-state index contributed by atoms with van der Waals surface area (Å²) >= 11 is 0. The summed E-state index contributed by atoms with van der Waals surface area (Å²) in [6.45, 7) is 6.80. The fraction of sp³-hybridized carbons (Fsp3) is 0.550. The maximum atomic E-state index is 11.3. The van der Waals surface area contributed by atoms with Crippen LogP contribution in [-0.4, -0.2) is 45.9 Å². The molecule has 0 aromatic carbocycles. The highest BCUT2D eigenvalue weighted by atomic mass is 16.5. The van der Waals surface area contributed by atoms with E-state index in [2.05, 4.69) is 40.0 Å². The fourth-order valence-corrected chi connectivity index (χ4v) is 4.80. The summed E-state index contributed by atoms with van der Waals surface area (Å²) in [5.74, 6) is 1.98. The van der Waals surface area contributed by atoms with Crippen LogP contribution in [0.4, 0.5) is 0 Å². The van der Waals surface area contributed by atoms with Crippen molar-refractivity contribution in [2.24, 2.45) is 17.8 Å². The summed E-state index contributed by atoms with van der Waals surface area (Å²) in [5, 5.41) is 17.9. The first kappa shape index (κ1) is 18.0. The second-order valence-electron chi connectivity index (χ2n) is 7.78. The predicted octanol–water partition coefficient (Wildman–Crippen LogP) is 2.40. The van der Waals surface area contributed by atoms with Gasteiger partial charge in [-0.15, -0.1) is 0 Å². The van der Waals surface area contributed by atoms with E-state index in [9.17, 15) is 9.90 Å². The molecule has 7 nitrogen and oxygen atoms in total. The van der Waals surface area contributed by atoms with Gasteiger partial charge in [0.1, 0.15) is 11.3 Å². The van der Waals surface area contributed by atoms with E-state index < -0.39 is 0 Å². The Morgan fingerprint density at radius 1 is 1.37 bits per heavy atom. The van der Waals surface area contributed by atoms with E-state index in [-0.39, 0.29) is 17.2 Å². The summed E-state index contributed by atoms with van der Waals surface area (Å²) < 4.78 is 8.04. The Morgan fingerprint density at radius 2 is 2.22 bits per heavy atom. The van der Waals surface area contributed by atoms with Crippen molar-refractivity contribution in [1.29, 1.82) is 0 Å². The zero-order chi connectivity index (χ0) is 19.0. The van der Waals surface area contributed by atoms with Gasteiger partial charge in [0.25, 0.3) is 0 Å². The number of aromatic nitrogens is 3. The Kier molecular flexibility index (Phi) is 4.86. The molecule has 2 aromatic heterocycles. The SMILES string of the molecule is CC(C)n1nccc1C1C(COc2nccc(O)c2C=O)C2CCNC[C@@H]21. The van der Waals surface area contributed by atoms with Crippen molar-refractivity contribution in [1.82, 2.24) is 20.1 Å². The molecule has 2 N–H and O–H groups in total. The fourth-order valence-electron chi connectivity index (χ4n) is 4.80. The second-order valence-corrected chi connectivity index (χ2v) is 7.78. The molecule has 2 fully saturated rings. The van der Waals surface area contributed by atoms with Crippen LogP contribution in [0.2, 0.25) is 0 Å². The van der Waals surface area contributed by atoms with Gasteiger partial charge in [-0.1, -0.05) is 0 Å². The summed E-state index contributed by atoms with van der Waals surface area (Å²) in [7, 11) is 0. The van der Waals surface area contributed by atoms with Crippen LogP contribution in [0.5, 0.6) is 11.6 Å². The van der Waals surface area contributed by atoms with E-state index in [4.69, 9.17) is 4.74 Å². The highest BCUT2D eigenvalue weighted by Crippen LogP contribution is 2.54. The number of hydrogen-bond donors (Lipinski definition) is 2. The van der Waals surface area contributed by atoms with Crippen LogP contribution in [0.15, 0.2) is 24.5 Å². The lowest BCUT2D eigenvalue weighted by atomic mass is 9.53. The molecule has 3 unspecified atom stereocenters. The molecule has 0 bridgehead atoms. The molecule has 3 heterocycles. The largest absolute Gasteiger partial charge is 0.507 e. The number of piperidine rings is 1. The van der Waals surface area contributed by atoms with E-state index >= 15 is 0 Å². The maximum absolute atomic E-state index is 11.3. The van der Waals surface area contributed by atoms with Gasteiger partial charge < -0.3 is 15.2 Å². The number of rotatable bonds is 6. The van der Waals surface area contributed by atoms with E-state index in [1.807, 2.05) is 6.20 Å². The first-order valence-electron chi connectivity index (χ1n) is 9.62. The second kappa shape index (κ2) is 7.31. The minimum atomic E-state index is -0.0993. The van der Waals surface area contributed by atoms with Crippen molar-refractivity contribution in [2.45, 2.75) is 32.2 Å². The Balaban J connectivity index is 1.57. The molecule has 0 amide bonds. The van der Waals surface area contributed by atoms with Crippen LogP contribution in [0.25, 0.3) is 0 Å². The third-order valence-corrected chi connectivity index (χ3v) is 6.05. The van der Waals surface area contributed by atoms with Crippen molar-refractivity contribution >= 4 is 6.29 Å². The number of nitrogens with one attached hydrogen (secondary N) is 1. The van der Waals surface area contributed by atoms with Crippen molar-refractivity contribution in [3.8, 4) is 11.6 Å². The monoisotopic (exact) mass is 370 g/mol. The highest BCUT2D eigenvalue weighted by Gasteiger charge is 2.52.